The third kappa shape index (κ3) is 5.58. The van der Waals surface area contributed by atoms with E-state index in [1.165, 1.54) is 5.56 Å². The number of hydrogen-bond acceptors (Lipinski definition) is 4. The first-order valence-electron chi connectivity index (χ1n) is 8.27. The number of aromatic nitrogens is 3. The second-order valence-electron chi connectivity index (χ2n) is 5.90. The van der Waals surface area contributed by atoms with Crippen molar-refractivity contribution in [3.63, 3.8) is 0 Å². The Balaban J connectivity index is 0.00000225. The average molecular weight is 456 g/mol. The molecule has 136 valence electrons. The fraction of sp³-hybridized carbons (Fsp3) is 0.471. The lowest BCUT2D eigenvalue weighted by Crippen LogP contribution is -2.42. The summed E-state index contributed by atoms with van der Waals surface area (Å²) in [6, 6.07) is 5.72. The van der Waals surface area contributed by atoms with Crippen LogP contribution in [0.3, 0.4) is 0 Å². The zero-order chi connectivity index (χ0) is 16.8. The third-order valence-electron chi connectivity index (χ3n) is 3.97. The van der Waals surface area contributed by atoms with Crippen molar-refractivity contribution in [1.82, 2.24) is 25.0 Å². The molecule has 3 rings (SSSR count). The smallest absolute Gasteiger partial charge is 0.213 e. The molecule has 0 radical (unpaired) electrons. The van der Waals surface area contributed by atoms with Crippen molar-refractivity contribution >= 4 is 29.9 Å². The lowest BCUT2D eigenvalue weighted by molar-refractivity contribution is 0.205. The van der Waals surface area contributed by atoms with Crippen LogP contribution in [0.25, 0.3) is 0 Å². The van der Waals surface area contributed by atoms with Gasteiger partial charge in [0.15, 0.2) is 5.96 Å². The van der Waals surface area contributed by atoms with Gasteiger partial charge in [-0.1, -0.05) is 6.07 Å². The highest BCUT2D eigenvalue weighted by Gasteiger charge is 2.26. The molecule has 1 unspecified atom stereocenters. The van der Waals surface area contributed by atoms with Gasteiger partial charge in [0.05, 0.1) is 19.3 Å². The van der Waals surface area contributed by atoms with Crippen molar-refractivity contribution in [3.05, 3.63) is 42.4 Å². The molecule has 1 fully saturated rings. The van der Waals surface area contributed by atoms with Gasteiger partial charge in [-0.15, -0.1) is 24.0 Å². The number of pyridine rings is 1. The van der Waals surface area contributed by atoms with E-state index in [4.69, 9.17) is 4.74 Å². The van der Waals surface area contributed by atoms with E-state index in [-0.39, 0.29) is 30.1 Å². The van der Waals surface area contributed by atoms with Gasteiger partial charge >= 0.3 is 0 Å². The Labute approximate surface area is 165 Å². The molecule has 0 amide bonds. The predicted molar refractivity (Wildman–Crippen MR) is 109 cm³/mol. The fourth-order valence-electron chi connectivity index (χ4n) is 2.81. The molecule has 3 heterocycles. The minimum atomic E-state index is 0. The molecule has 0 spiro atoms. The summed E-state index contributed by atoms with van der Waals surface area (Å²) in [5.74, 6) is 1.59. The van der Waals surface area contributed by atoms with Crippen molar-refractivity contribution in [1.29, 1.82) is 0 Å². The summed E-state index contributed by atoms with van der Waals surface area (Å²) in [5.41, 5.74) is 1.17. The first-order chi connectivity index (χ1) is 11.7. The topological polar surface area (TPSA) is 67.6 Å². The minimum absolute atomic E-state index is 0. The van der Waals surface area contributed by atoms with E-state index in [0.29, 0.717) is 5.88 Å². The monoisotopic (exact) mass is 456 g/mol. The SMILES string of the molecule is CN=C(NCCn1cc(C)cn1)N1CCC(Oc2ccccn2)C1.I. The molecular formula is C17H25IN6O. The Kier molecular flexibility index (Phi) is 7.48. The molecule has 2 aromatic rings. The molecule has 0 aliphatic carbocycles. The summed E-state index contributed by atoms with van der Waals surface area (Å²) in [6.45, 7) is 5.39. The fourth-order valence-corrected chi connectivity index (χ4v) is 2.81. The van der Waals surface area contributed by atoms with E-state index in [9.17, 15) is 0 Å². The van der Waals surface area contributed by atoms with Gasteiger partial charge in [-0.2, -0.15) is 5.10 Å². The lowest BCUT2D eigenvalue weighted by Gasteiger charge is -2.21. The van der Waals surface area contributed by atoms with Gasteiger partial charge in [-0.3, -0.25) is 9.67 Å². The number of likely N-dealkylation sites (tertiary alicyclic amines) is 1. The number of aliphatic imine (C=N–C) groups is 1. The van der Waals surface area contributed by atoms with Gasteiger partial charge < -0.3 is 15.0 Å². The van der Waals surface area contributed by atoms with E-state index in [1.807, 2.05) is 49.2 Å². The number of ether oxygens (including phenoxy) is 1. The first-order valence-corrected chi connectivity index (χ1v) is 8.27. The van der Waals surface area contributed by atoms with Crippen LogP contribution in [0.2, 0.25) is 0 Å². The van der Waals surface area contributed by atoms with Gasteiger partial charge in [0, 0.05) is 45.0 Å². The van der Waals surface area contributed by atoms with Crippen LogP contribution in [-0.4, -0.2) is 58.4 Å². The second kappa shape index (κ2) is 9.59. The van der Waals surface area contributed by atoms with E-state index >= 15 is 0 Å². The van der Waals surface area contributed by atoms with Gasteiger partial charge in [0.2, 0.25) is 5.88 Å². The van der Waals surface area contributed by atoms with E-state index in [1.54, 1.807) is 6.20 Å². The molecule has 25 heavy (non-hydrogen) atoms. The van der Waals surface area contributed by atoms with Crippen molar-refractivity contribution in [2.24, 2.45) is 4.99 Å². The molecule has 7 nitrogen and oxygen atoms in total. The number of hydrogen-bond donors (Lipinski definition) is 1. The second-order valence-corrected chi connectivity index (χ2v) is 5.90. The number of guanidine groups is 1. The Morgan fingerprint density at radius 2 is 2.32 bits per heavy atom. The lowest BCUT2D eigenvalue weighted by atomic mass is 10.3. The van der Waals surface area contributed by atoms with E-state index in [0.717, 1.165) is 38.6 Å². The van der Waals surface area contributed by atoms with Crippen molar-refractivity contribution in [2.45, 2.75) is 26.0 Å². The third-order valence-corrected chi connectivity index (χ3v) is 3.97. The Hall–Kier alpha value is -1.84. The van der Waals surface area contributed by atoms with Crippen LogP contribution in [0, 0.1) is 6.92 Å². The molecule has 1 aliphatic heterocycles. The molecule has 1 aliphatic rings. The largest absolute Gasteiger partial charge is 0.472 e. The van der Waals surface area contributed by atoms with Crippen molar-refractivity contribution in [2.75, 3.05) is 26.7 Å². The Morgan fingerprint density at radius 1 is 1.44 bits per heavy atom. The highest BCUT2D eigenvalue weighted by Crippen LogP contribution is 2.16. The number of aryl methyl sites for hydroxylation is 1. The van der Waals surface area contributed by atoms with Crippen molar-refractivity contribution < 1.29 is 4.74 Å². The zero-order valence-corrected chi connectivity index (χ0v) is 17.0. The van der Waals surface area contributed by atoms with Gasteiger partial charge in [-0.25, -0.2) is 4.98 Å². The van der Waals surface area contributed by atoms with Gasteiger partial charge in [0.1, 0.15) is 6.10 Å². The number of halogens is 1. The summed E-state index contributed by atoms with van der Waals surface area (Å²) in [5, 5.41) is 7.69. The molecule has 1 atom stereocenters. The number of nitrogens with one attached hydrogen (secondary N) is 1. The highest BCUT2D eigenvalue weighted by atomic mass is 127. The van der Waals surface area contributed by atoms with Crippen LogP contribution in [0.4, 0.5) is 0 Å². The molecule has 0 bridgehead atoms. The van der Waals surface area contributed by atoms with Crippen LogP contribution < -0.4 is 10.1 Å². The first kappa shape index (κ1) is 19.5. The summed E-state index contributed by atoms with van der Waals surface area (Å²) in [7, 11) is 1.81. The maximum absolute atomic E-state index is 5.93. The number of nitrogens with zero attached hydrogens (tertiary/aromatic N) is 5. The molecular weight excluding hydrogens is 431 g/mol. The average Bonchev–Trinajstić information content (AvgIpc) is 3.22. The molecule has 0 aromatic carbocycles. The standard InChI is InChI=1S/C17H24N6O.HI/c1-14-11-21-23(12-14)10-8-20-17(18-2)22-9-6-15(13-22)24-16-5-3-4-7-19-16;/h3-5,7,11-12,15H,6,8-10,13H2,1-2H3,(H,18,20);1H. The maximum atomic E-state index is 5.93. The number of rotatable bonds is 5. The predicted octanol–water partition coefficient (Wildman–Crippen LogP) is 1.93. The van der Waals surface area contributed by atoms with Crippen molar-refractivity contribution in [3.8, 4) is 5.88 Å². The quantitative estimate of drug-likeness (QED) is 0.423. The van der Waals surface area contributed by atoms with E-state index in [2.05, 4.69) is 25.3 Å². The molecule has 2 aromatic heterocycles. The zero-order valence-electron chi connectivity index (χ0n) is 14.6. The molecule has 1 saturated heterocycles. The normalized spacial score (nSPS) is 17.3. The summed E-state index contributed by atoms with van der Waals surface area (Å²) in [6.07, 6.45) is 6.77. The Bertz CT molecular complexity index is 675. The maximum Gasteiger partial charge on any atom is 0.213 e. The van der Waals surface area contributed by atoms with Crippen LogP contribution in [0.15, 0.2) is 41.8 Å². The Morgan fingerprint density at radius 3 is 3.00 bits per heavy atom. The molecule has 8 heteroatoms. The van der Waals surface area contributed by atoms with Crippen LogP contribution in [-0.2, 0) is 6.54 Å². The molecule has 1 N–H and O–H groups in total. The molecule has 0 saturated carbocycles. The highest BCUT2D eigenvalue weighted by molar-refractivity contribution is 14.0. The summed E-state index contributed by atoms with van der Waals surface area (Å²) < 4.78 is 7.86. The van der Waals surface area contributed by atoms with Gasteiger partial charge in [0.25, 0.3) is 0 Å². The van der Waals surface area contributed by atoms with E-state index < -0.39 is 0 Å². The summed E-state index contributed by atoms with van der Waals surface area (Å²) >= 11 is 0. The van der Waals surface area contributed by atoms with Crippen LogP contribution >= 0.6 is 24.0 Å². The van der Waals surface area contributed by atoms with Crippen LogP contribution in [0.1, 0.15) is 12.0 Å². The summed E-state index contributed by atoms with van der Waals surface area (Å²) in [4.78, 5) is 10.8. The minimum Gasteiger partial charge on any atom is -0.472 e. The van der Waals surface area contributed by atoms with Crippen LogP contribution in [0.5, 0.6) is 5.88 Å². The van der Waals surface area contributed by atoms with Gasteiger partial charge in [-0.05, 0) is 18.6 Å².